The SMILES string of the molecule is Cc1nc2ccccc2nc1/C(=C\CO)O[C@H]1O[C@H](CO)[C@@H](O)[C@H](O)[C@H]1O. The Bertz CT molecular complexity index is 826. The summed E-state index contributed by atoms with van der Waals surface area (Å²) in [6.07, 6.45) is -5.79. The number of hydrogen-bond acceptors (Lipinski definition) is 9. The van der Waals surface area contributed by atoms with E-state index in [4.69, 9.17) is 9.47 Å². The van der Waals surface area contributed by atoms with Crippen LogP contribution in [-0.2, 0) is 9.47 Å². The predicted octanol–water partition coefficient (Wildman–Crippen LogP) is -0.912. The van der Waals surface area contributed by atoms with Crippen LogP contribution < -0.4 is 0 Å². The van der Waals surface area contributed by atoms with Gasteiger partial charge in [0.2, 0.25) is 6.29 Å². The summed E-state index contributed by atoms with van der Waals surface area (Å²) >= 11 is 0. The van der Waals surface area contributed by atoms with E-state index in [1.54, 1.807) is 13.0 Å². The van der Waals surface area contributed by atoms with Gasteiger partial charge in [-0.15, -0.1) is 0 Å². The van der Waals surface area contributed by atoms with E-state index in [0.717, 1.165) is 0 Å². The molecular formula is C18H22N2O7. The summed E-state index contributed by atoms with van der Waals surface area (Å²) in [5.74, 6) is 0.0950. The van der Waals surface area contributed by atoms with E-state index in [2.05, 4.69) is 9.97 Å². The molecule has 2 aromatic rings. The first-order chi connectivity index (χ1) is 13.0. The van der Waals surface area contributed by atoms with Gasteiger partial charge in [0.15, 0.2) is 0 Å². The van der Waals surface area contributed by atoms with Gasteiger partial charge in [-0.05, 0) is 25.1 Å². The zero-order valence-corrected chi connectivity index (χ0v) is 14.6. The molecule has 0 unspecified atom stereocenters. The maximum absolute atomic E-state index is 10.2. The predicted molar refractivity (Wildman–Crippen MR) is 94.2 cm³/mol. The fourth-order valence-electron chi connectivity index (χ4n) is 2.90. The van der Waals surface area contributed by atoms with Crippen LogP contribution in [0.3, 0.4) is 0 Å². The third kappa shape index (κ3) is 3.93. The Morgan fingerprint density at radius 2 is 1.74 bits per heavy atom. The molecular weight excluding hydrogens is 356 g/mol. The Hall–Kier alpha value is -2.14. The van der Waals surface area contributed by atoms with Crippen LogP contribution in [0.25, 0.3) is 16.8 Å². The molecule has 9 heteroatoms. The second-order valence-electron chi connectivity index (χ2n) is 6.21. The number of benzene rings is 1. The molecule has 3 rings (SSSR count). The number of aromatic nitrogens is 2. The summed E-state index contributed by atoms with van der Waals surface area (Å²) in [6.45, 7) is 0.774. The topological polar surface area (TPSA) is 145 Å². The molecule has 0 radical (unpaired) electrons. The molecule has 1 aromatic heterocycles. The molecule has 0 aliphatic carbocycles. The Labute approximate surface area is 155 Å². The molecule has 1 aliphatic heterocycles. The van der Waals surface area contributed by atoms with Crippen molar-refractivity contribution in [2.24, 2.45) is 0 Å². The Morgan fingerprint density at radius 3 is 2.37 bits per heavy atom. The molecule has 27 heavy (non-hydrogen) atoms. The number of hydrogen-bond donors (Lipinski definition) is 5. The molecule has 5 N–H and O–H groups in total. The summed E-state index contributed by atoms with van der Waals surface area (Å²) < 4.78 is 11.0. The van der Waals surface area contributed by atoms with Crippen LogP contribution in [0.2, 0.25) is 0 Å². The highest BCUT2D eigenvalue weighted by Crippen LogP contribution is 2.28. The number of aryl methyl sites for hydroxylation is 1. The van der Waals surface area contributed by atoms with Crippen LogP contribution in [-0.4, -0.2) is 79.4 Å². The van der Waals surface area contributed by atoms with Crippen molar-refractivity contribution >= 4 is 16.8 Å². The smallest absolute Gasteiger partial charge is 0.229 e. The first-order valence-corrected chi connectivity index (χ1v) is 8.48. The molecule has 146 valence electrons. The Kier molecular flexibility index (Phi) is 6.00. The van der Waals surface area contributed by atoms with Gasteiger partial charge < -0.3 is 35.0 Å². The van der Waals surface area contributed by atoms with Crippen molar-refractivity contribution in [1.29, 1.82) is 0 Å². The minimum absolute atomic E-state index is 0.0950. The molecule has 0 saturated carbocycles. The lowest BCUT2D eigenvalue weighted by atomic mass is 9.99. The monoisotopic (exact) mass is 378 g/mol. The van der Waals surface area contributed by atoms with Gasteiger partial charge in [-0.2, -0.15) is 0 Å². The van der Waals surface area contributed by atoms with E-state index >= 15 is 0 Å². The normalized spacial score (nSPS) is 29.1. The highest BCUT2D eigenvalue weighted by molar-refractivity contribution is 5.76. The highest BCUT2D eigenvalue weighted by atomic mass is 16.7. The largest absolute Gasteiger partial charge is 0.460 e. The van der Waals surface area contributed by atoms with Crippen LogP contribution in [0.1, 0.15) is 11.4 Å². The van der Waals surface area contributed by atoms with Gasteiger partial charge in [-0.3, -0.25) is 0 Å². The van der Waals surface area contributed by atoms with Crippen LogP contribution in [0.15, 0.2) is 30.3 Å². The zero-order chi connectivity index (χ0) is 19.6. The van der Waals surface area contributed by atoms with Gasteiger partial charge >= 0.3 is 0 Å². The maximum atomic E-state index is 10.2. The summed E-state index contributed by atoms with van der Waals surface area (Å²) in [4.78, 5) is 8.94. The van der Waals surface area contributed by atoms with Crippen molar-refractivity contribution < 1.29 is 35.0 Å². The molecule has 0 spiro atoms. The van der Waals surface area contributed by atoms with Gasteiger partial charge in [0.1, 0.15) is 35.9 Å². The van der Waals surface area contributed by atoms with E-state index in [-0.39, 0.29) is 12.4 Å². The van der Waals surface area contributed by atoms with Crippen LogP contribution in [0.5, 0.6) is 0 Å². The van der Waals surface area contributed by atoms with E-state index in [1.165, 1.54) is 6.08 Å². The number of aliphatic hydroxyl groups excluding tert-OH is 5. The first kappa shape index (κ1) is 19.6. The Balaban J connectivity index is 1.93. The molecule has 1 saturated heterocycles. The fraction of sp³-hybridized carbons (Fsp3) is 0.444. The number of para-hydroxylation sites is 2. The summed E-state index contributed by atoms with van der Waals surface area (Å²) in [5, 5.41) is 48.6. The van der Waals surface area contributed by atoms with Gasteiger partial charge in [0, 0.05) is 0 Å². The van der Waals surface area contributed by atoms with Crippen LogP contribution >= 0.6 is 0 Å². The second kappa shape index (κ2) is 8.26. The highest BCUT2D eigenvalue weighted by Gasteiger charge is 2.45. The van der Waals surface area contributed by atoms with E-state index in [9.17, 15) is 25.5 Å². The summed E-state index contributed by atoms with van der Waals surface area (Å²) in [7, 11) is 0. The van der Waals surface area contributed by atoms with Gasteiger partial charge in [-0.1, -0.05) is 12.1 Å². The van der Waals surface area contributed by atoms with Gasteiger partial charge in [0.05, 0.1) is 29.9 Å². The lowest BCUT2D eigenvalue weighted by Crippen LogP contribution is -2.59. The minimum atomic E-state index is -1.57. The van der Waals surface area contributed by atoms with E-state index in [0.29, 0.717) is 22.4 Å². The first-order valence-electron chi connectivity index (χ1n) is 8.48. The zero-order valence-electron chi connectivity index (χ0n) is 14.6. The van der Waals surface area contributed by atoms with E-state index in [1.807, 2.05) is 18.2 Å². The average molecular weight is 378 g/mol. The van der Waals surface area contributed by atoms with Crippen molar-refractivity contribution in [3.63, 3.8) is 0 Å². The maximum Gasteiger partial charge on any atom is 0.229 e. The fourth-order valence-corrected chi connectivity index (χ4v) is 2.90. The molecule has 1 aliphatic rings. The van der Waals surface area contributed by atoms with Gasteiger partial charge in [-0.25, -0.2) is 9.97 Å². The molecule has 1 fully saturated rings. The summed E-state index contributed by atoms with van der Waals surface area (Å²) in [6, 6.07) is 7.23. The van der Waals surface area contributed by atoms with Crippen molar-refractivity contribution in [2.75, 3.05) is 13.2 Å². The third-order valence-corrected chi connectivity index (χ3v) is 4.35. The minimum Gasteiger partial charge on any atom is -0.460 e. The summed E-state index contributed by atoms with van der Waals surface area (Å²) in [5.41, 5.74) is 2.16. The standard InChI is InChI=1S/C18H22N2O7/c1-9-14(20-11-5-3-2-4-10(11)19-9)12(6-7-21)26-18-17(25)16(24)15(23)13(8-22)27-18/h2-6,13,15-18,21-25H,7-8H2,1H3/b12-6+/t13-,15-,16+,17-,18+/m1/s1. The molecule has 1 aromatic carbocycles. The number of rotatable bonds is 5. The van der Waals surface area contributed by atoms with Crippen molar-refractivity contribution in [3.05, 3.63) is 41.7 Å². The molecule has 0 amide bonds. The Morgan fingerprint density at radius 1 is 1.07 bits per heavy atom. The quantitative estimate of drug-likeness (QED) is 0.417. The van der Waals surface area contributed by atoms with Crippen LogP contribution in [0.4, 0.5) is 0 Å². The molecule has 9 nitrogen and oxygen atoms in total. The van der Waals surface area contributed by atoms with Crippen molar-refractivity contribution in [2.45, 2.75) is 37.6 Å². The third-order valence-electron chi connectivity index (χ3n) is 4.35. The molecule has 2 heterocycles. The molecule has 5 atom stereocenters. The van der Waals surface area contributed by atoms with Crippen molar-refractivity contribution in [1.82, 2.24) is 9.97 Å². The van der Waals surface area contributed by atoms with Crippen LogP contribution in [0, 0.1) is 6.92 Å². The number of ether oxygens (including phenoxy) is 2. The molecule has 0 bridgehead atoms. The number of nitrogens with zero attached hydrogens (tertiary/aromatic N) is 2. The van der Waals surface area contributed by atoms with Gasteiger partial charge in [0.25, 0.3) is 0 Å². The lowest BCUT2D eigenvalue weighted by Gasteiger charge is -2.39. The second-order valence-corrected chi connectivity index (χ2v) is 6.21. The van der Waals surface area contributed by atoms with Crippen molar-refractivity contribution in [3.8, 4) is 0 Å². The van der Waals surface area contributed by atoms with E-state index < -0.39 is 37.3 Å². The number of aliphatic hydroxyl groups is 5. The average Bonchev–Trinajstić information content (AvgIpc) is 2.67. The number of fused-ring (bicyclic) bond motifs is 1. The lowest BCUT2D eigenvalue weighted by molar-refractivity contribution is -0.284.